The summed E-state index contributed by atoms with van der Waals surface area (Å²) in [6, 6.07) is 0. The quantitative estimate of drug-likeness (QED) is 0.921. The smallest absolute Gasteiger partial charge is 0.234 e. The molecule has 6 nitrogen and oxygen atoms in total. The van der Waals surface area contributed by atoms with Crippen molar-refractivity contribution in [3.63, 3.8) is 0 Å². The Balaban J connectivity index is 1.62. The van der Waals surface area contributed by atoms with Crippen molar-refractivity contribution >= 4 is 16.3 Å². The second-order valence-corrected chi connectivity index (χ2v) is 7.08. The molecule has 0 aromatic carbocycles. The minimum absolute atomic E-state index is 0.292. The number of rotatable bonds is 4. The van der Waals surface area contributed by atoms with Gasteiger partial charge >= 0.3 is 0 Å². The van der Waals surface area contributed by atoms with Crippen LogP contribution in [-0.2, 0) is 11.2 Å². The molecule has 0 spiro atoms. The van der Waals surface area contributed by atoms with Crippen molar-refractivity contribution in [1.82, 2.24) is 19.8 Å². The minimum Gasteiger partial charge on any atom is -0.381 e. The lowest BCUT2D eigenvalue weighted by Crippen LogP contribution is -2.39. The molecule has 0 amide bonds. The summed E-state index contributed by atoms with van der Waals surface area (Å²) in [4.78, 5) is 0.897. The van der Waals surface area contributed by atoms with Gasteiger partial charge in [-0.25, -0.2) is 0 Å². The van der Waals surface area contributed by atoms with Gasteiger partial charge in [-0.2, -0.15) is 9.61 Å². The predicted octanol–water partition coefficient (Wildman–Crippen LogP) is 1.36. The fourth-order valence-electron chi connectivity index (χ4n) is 3.19. The Bertz CT molecular complexity index is 606. The van der Waals surface area contributed by atoms with Crippen LogP contribution in [0, 0.1) is 5.41 Å². The highest BCUT2D eigenvalue weighted by Crippen LogP contribution is 2.43. The average molecular weight is 293 g/mol. The first-order chi connectivity index (χ1) is 9.80. The van der Waals surface area contributed by atoms with E-state index in [1.807, 2.05) is 4.52 Å². The van der Waals surface area contributed by atoms with E-state index >= 15 is 0 Å². The van der Waals surface area contributed by atoms with Crippen LogP contribution in [0.15, 0.2) is 0 Å². The first-order valence-corrected chi connectivity index (χ1v) is 8.10. The van der Waals surface area contributed by atoms with Gasteiger partial charge in [-0.15, -0.1) is 10.2 Å². The number of fused-ring (bicyclic) bond motifs is 1. The van der Waals surface area contributed by atoms with Crippen molar-refractivity contribution < 1.29 is 4.74 Å². The van der Waals surface area contributed by atoms with E-state index in [-0.39, 0.29) is 0 Å². The number of hydrogen-bond donors (Lipinski definition) is 1. The molecule has 1 aliphatic carbocycles. The highest BCUT2D eigenvalue weighted by Gasteiger charge is 2.37. The Labute approximate surface area is 121 Å². The first kappa shape index (κ1) is 12.7. The van der Waals surface area contributed by atoms with Gasteiger partial charge in [-0.3, -0.25) is 0 Å². The van der Waals surface area contributed by atoms with Crippen molar-refractivity contribution in [2.75, 3.05) is 19.8 Å². The molecule has 108 valence electrons. The number of ether oxygens (including phenoxy) is 1. The van der Waals surface area contributed by atoms with Gasteiger partial charge in [0.2, 0.25) is 4.96 Å². The number of nitrogens with zero attached hydrogens (tertiary/aromatic N) is 4. The zero-order valence-electron chi connectivity index (χ0n) is 11.4. The van der Waals surface area contributed by atoms with Crippen LogP contribution in [0.2, 0.25) is 0 Å². The molecule has 2 aromatic rings. The molecule has 1 saturated heterocycles. The van der Waals surface area contributed by atoms with E-state index in [0.717, 1.165) is 48.4 Å². The molecule has 20 heavy (non-hydrogen) atoms. The summed E-state index contributed by atoms with van der Waals surface area (Å²) in [5.74, 6) is 1.29. The van der Waals surface area contributed by atoms with Crippen molar-refractivity contribution in [2.24, 2.45) is 11.1 Å². The lowest BCUT2D eigenvalue weighted by Gasteiger charge is -2.40. The monoisotopic (exact) mass is 293 g/mol. The van der Waals surface area contributed by atoms with Gasteiger partial charge in [0.05, 0.1) is 6.61 Å². The molecule has 2 aromatic heterocycles. The highest BCUT2D eigenvalue weighted by molar-refractivity contribution is 7.16. The molecule has 1 atom stereocenters. The summed E-state index contributed by atoms with van der Waals surface area (Å²) in [5.41, 5.74) is 6.23. The van der Waals surface area contributed by atoms with Crippen LogP contribution in [-0.4, -0.2) is 39.6 Å². The summed E-state index contributed by atoms with van der Waals surface area (Å²) in [6.45, 7) is 2.31. The van der Waals surface area contributed by atoms with Gasteiger partial charge in [-0.05, 0) is 31.2 Å². The summed E-state index contributed by atoms with van der Waals surface area (Å²) in [5, 5.41) is 14.4. The van der Waals surface area contributed by atoms with Gasteiger partial charge in [0, 0.05) is 18.9 Å². The Morgan fingerprint density at radius 2 is 2.30 bits per heavy atom. The number of hydrogen-bond acceptors (Lipinski definition) is 6. The molecule has 1 saturated carbocycles. The summed E-state index contributed by atoms with van der Waals surface area (Å²) < 4.78 is 7.36. The summed E-state index contributed by atoms with van der Waals surface area (Å²) >= 11 is 1.65. The SMILES string of the molecule is NCC1(Cc2nn3c(C4CCOC4)nnc3s2)CCC1. The largest absolute Gasteiger partial charge is 0.381 e. The molecule has 2 fully saturated rings. The zero-order chi connectivity index (χ0) is 13.6. The molecular formula is C13H19N5OS. The predicted molar refractivity (Wildman–Crippen MR) is 75.9 cm³/mol. The van der Waals surface area contributed by atoms with Crippen LogP contribution in [0.3, 0.4) is 0 Å². The fraction of sp³-hybridized carbons (Fsp3) is 0.769. The Hall–Kier alpha value is -1.05. The maximum atomic E-state index is 5.94. The number of nitrogens with two attached hydrogens (primary N) is 1. The van der Waals surface area contributed by atoms with Crippen LogP contribution in [0.5, 0.6) is 0 Å². The summed E-state index contributed by atoms with van der Waals surface area (Å²) in [6.07, 6.45) is 5.75. The van der Waals surface area contributed by atoms with Gasteiger partial charge in [0.1, 0.15) is 5.01 Å². The zero-order valence-corrected chi connectivity index (χ0v) is 12.2. The van der Waals surface area contributed by atoms with E-state index < -0.39 is 0 Å². The third-order valence-electron chi connectivity index (χ3n) is 4.73. The lowest BCUT2D eigenvalue weighted by atomic mass is 9.67. The molecule has 1 aliphatic heterocycles. The topological polar surface area (TPSA) is 78.3 Å². The van der Waals surface area contributed by atoms with Gasteiger partial charge in [0.25, 0.3) is 0 Å². The molecule has 0 radical (unpaired) electrons. The van der Waals surface area contributed by atoms with E-state index in [0.29, 0.717) is 11.3 Å². The van der Waals surface area contributed by atoms with Gasteiger partial charge < -0.3 is 10.5 Å². The molecule has 3 heterocycles. The maximum absolute atomic E-state index is 5.94. The average Bonchev–Trinajstić information content (AvgIpc) is 3.09. The third kappa shape index (κ3) is 1.96. The van der Waals surface area contributed by atoms with Crippen LogP contribution >= 0.6 is 11.3 Å². The first-order valence-electron chi connectivity index (χ1n) is 7.28. The van der Waals surface area contributed by atoms with Gasteiger partial charge in [0.15, 0.2) is 5.82 Å². The van der Waals surface area contributed by atoms with Gasteiger partial charge in [-0.1, -0.05) is 17.8 Å². The van der Waals surface area contributed by atoms with Crippen molar-refractivity contribution in [3.05, 3.63) is 10.8 Å². The van der Waals surface area contributed by atoms with Crippen molar-refractivity contribution in [2.45, 2.75) is 38.0 Å². The molecule has 2 N–H and O–H groups in total. The van der Waals surface area contributed by atoms with Crippen LogP contribution in [0.1, 0.15) is 42.4 Å². The van der Waals surface area contributed by atoms with E-state index in [9.17, 15) is 0 Å². The molecule has 0 bridgehead atoms. The van der Waals surface area contributed by atoms with Crippen molar-refractivity contribution in [1.29, 1.82) is 0 Å². The Kier molecular flexibility index (Phi) is 3.01. The van der Waals surface area contributed by atoms with E-state index in [1.165, 1.54) is 19.3 Å². The highest BCUT2D eigenvalue weighted by atomic mass is 32.1. The second-order valence-electron chi connectivity index (χ2n) is 6.04. The van der Waals surface area contributed by atoms with Crippen LogP contribution < -0.4 is 5.73 Å². The Morgan fingerprint density at radius 3 is 2.95 bits per heavy atom. The maximum Gasteiger partial charge on any atom is 0.234 e. The molecule has 2 aliphatic rings. The van der Waals surface area contributed by atoms with E-state index in [1.54, 1.807) is 11.3 Å². The lowest BCUT2D eigenvalue weighted by molar-refractivity contribution is 0.144. The molecular weight excluding hydrogens is 274 g/mol. The van der Waals surface area contributed by atoms with Crippen LogP contribution in [0.4, 0.5) is 0 Å². The van der Waals surface area contributed by atoms with Crippen molar-refractivity contribution in [3.8, 4) is 0 Å². The normalized spacial score (nSPS) is 25.1. The number of aromatic nitrogens is 4. The fourth-order valence-corrected chi connectivity index (χ4v) is 4.20. The van der Waals surface area contributed by atoms with E-state index in [2.05, 4.69) is 10.2 Å². The van der Waals surface area contributed by atoms with E-state index in [4.69, 9.17) is 15.6 Å². The molecule has 7 heteroatoms. The minimum atomic E-state index is 0.292. The summed E-state index contributed by atoms with van der Waals surface area (Å²) in [7, 11) is 0. The Morgan fingerprint density at radius 1 is 1.40 bits per heavy atom. The standard InChI is InChI=1S/C13H19N5OS/c14-8-13(3-1-4-13)6-10-17-18-11(9-2-5-19-7-9)15-16-12(18)20-10/h9H,1-8,14H2. The molecule has 4 rings (SSSR count). The van der Waals surface area contributed by atoms with Crippen LogP contribution in [0.25, 0.3) is 4.96 Å². The third-order valence-corrected chi connectivity index (χ3v) is 5.62. The second kappa shape index (κ2) is 4.75. The molecule has 1 unspecified atom stereocenters.